The first kappa shape index (κ1) is 15.9. The van der Waals surface area contributed by atoms with Crippen molar-refractivity contribution < 1.29 is 18.7 Å². The van der Waals surface area contributed by atoms with Crippen molar-refractivity contribution in [3.05, 3.63) is 77.8 Å². The standard InChI is InChI=1S/C19H16FNO3/c1-12-11-21-19(24-12)17(10-18(22)23)15-7-14(8-16(20)9-15)13-5-3-2-4-6-13/h2-9,11,17H,10H2,1H3,(H,22,23). The second kappa shape index (κ2) is 6.66. The third-order valence-corrected chi connectivity index (χ3v) is 3.75. The number of aliphatic carboxylic acids is 1. The molecule has 0 fully saturated rings. The minimum absolute atomic E-state index is 0.225. The van der Waals surface area contributed by atoms with Crippen LogP contribution < -0.4 is 0 Å². The molecular weight excluding hydrogens is 309 g/mol. The predicted octanol–water partition coefficient (Wildman–Crippen LogP) is 4.40. The lowest BCUT2D eigenvalue weighted by Crippen LogP contribution is -2.09. The van der Waals surface area contributed by atoms with Crippen LogP contribution in [-0.2, 0) is 4.79 Å². The van der Waals surface area contributed by atoms with Crippen LogP contribution in [0.3, 0.4) is 0 Å². The summed E-state index contributed by atoms with van der Waals surface area (Å²) in [5.74, 6) is -1.21. The molecule has 0 radical (unpaired) electrons. The number of oxazole rings is 1. The van der Waals surface area contributed by atoms with Crippen molar-refractivity contribution in [2.75, 3.05) is 0 Å². The fourth-order valence-electron chi connectivity index (χ4n) is 2.67. The molecule has 0 spiro atoms. The van der Waals surface area contributed by atoms with Crippen molar-refractivity contribution in [2.24, 2.45) is 0 Å². The number of aryl methyl sites for hydroxylation is 1. The lowest BCUT2D eigenvalue weighted by Gasteiger charge is -2.14. The molecule has 1 N–H and O–H groups in total. The highest BCUT2D eigenvalue weighted by atomic mass is 19.1. The first-order chi connectivity index (χ1) is 11.5. The SMILES string of the molecule is Cc1cnc(C(CC(=O)O)c2cc(F)cc(-c3ccccc3)c2)o1. The Balaban J connectivity index is 2.07. The molecule has 0 aliphatic carbocycles. The minimum Gasteiger partial charge on any atom is -0.481 e. The van der Waals surface area contributed by atoms with E-state index in [4.69, 9.17) is 4.42 Å². The van der Waals surface area contributed by atoms with Gasteiger partial charge >= 0.3 is 5.97 Å². The van der Waals surface area contributed by atoms with E-state index in [0.717, 1.165) is 5.56 Å². The highest BCUT2D eigenvalue weighted by Gasteiger charge is 2.24. The maximum Gasteiger partial charge on any atom is 0.304 e. The molecule has 0 amide bonds. The molecule has 0 aliphatic rings. The molecule has 3 aromatic rings. The van der Waals surface area contributed by atoms with Gasteiger partial charge in [-0.1, -0.05) is 36.4 Å². The second-order valence-electron chi connectivity index (χ2n) is 5.60. The molecule has 24 heavy (non-hydrogen) atoms. The minimum atomic E-state index is -0.999. The van der Waals surface area contributed by atoms with Gasteiger partial charge in [0.1, 0.15) is 11.6 Å². The zero-order valence-corrected chi connectivity index (χ0v) is 13.1. The zero-order valence-electron chi connectivity index (χ0n) is 13.1. The second-order valence-corrected chi connectivity index (χ2v) is 5.60. The molecule has 0 saturated carbocycles. The molecule has 3 rings (SSSR count). The van der Waals surface area contributed by atoms with E-state index in [1.807, 2.05) is 30.3 Å². The summed E-state index contributed by atoms with van der Waals surface area (Å²) in [6.07, 6.45) is 1.30. The van der Waals surface area contributed by atoms with Gasteiger partial charge in [-0.3, -0.25) is 4.79 Å². The summed E-state index contributed by atoms with van der Waals surface area (Å²) >= 11 is 0. The highest BCUT2D eigenvalue weighted by molar-refractivity contribution is 5.69. The fraction of sp³-hybridized carbons (Fsp3) is 0.158. The summed E-state index contributed by atoms with van der Waals surface area (Å²) in [6.45, 7) is 1.73. The van der Waals surface area contributed by atoms with E-state index in [1.165, 1.54) is 18.3 Å². The Kier molecular flexibility index (Phi) is 4.42. The zero-order chi connectivity index (χ0) is 17.1. The normalized spacial score (nSPS) is 12.1. The quantitative estimate of drug-likeness (QED) is 0.755. The van der Waals surface area contributed by atoms with Gasteiger partial charge < -0.3 is 9.52 Å². The van der Waals surface area contributed by atoms with E-state index in [2.05, 4.69) is 4.98 Å². The van der Waals surface area contributed by atoms with E-state index in [0.29, 0.717) is 16.9 Å². The van der Waals surface area contributed by atoms with Crippen molar-refractivity contribution in [1.82, 2.24) is 4.98 Å². The van der Waals surface area contributed by atoms with Crippen LogP contribution in [0.25, 0.3) is 11.1 Å². The van der Waals surface area contributed by atoms with Crippen molar-refractivity contribution >= 4 is 5.97 Å². The van der Waals surface area contributed by atoms with Crippen LogP contribution >= 0.6 is 0 Å². The monoisotopic (exact) mass is 325 g/mol. The van der Waals surface area contributed by atoms with E-state index in [9.17, 15) is 14.3 Å². The average molecular weight is 325 g/mol. The Morgan fingerprint density at radius 3 is 2.58 bits per heavy atom. The van der Waals surface area contributed by atoms with Gasteiger partial charge in [0.2, 0.25) is 5.89 Å². The Labute approximate surface area is 138 Å². The molecule has 1 atom stereocenters. The highest BCUT2D eigenvalue weighted by Crippen LogP contribution is 2.31. The van der Waals surface area contributed by atoms with Crippen LogP contribution in [0, 0.1) is 12.7 Å². The van der Waals surface area contributed by atoms with Crippen LogP contribution in [0.5, 0.6) is 0 Å². The number of hydrogen-bond acceptors (Lipinski definition) is 3. The number of halogens is 1. The predicted molar refractivity (Wildman–Crippen MR) is 87.2 cm³/mol. The van der Waals surface area contributed by atoms with Crippen LogP contribution in [0.15, 0.2) is 59.1 Å². The Morgan fingerprint density at radius 2 is 1.96 bits per heavy atom. The maximum absolute atomic E-state index is 14.1. The molecule has 4 nitrogen and oxygen atoms in total. The number of rotatable bonds is 5. The molecule has 0 saturated heterocycles. The Hall–Kier alpha value is -2.95. The summed E-state index contributed by atoms with van der Waals surface area (Å²) in [5.41, 5.74) is 2.07. The van der Waals surface area contributed by atoms with Gasteiger partial charge in [-0.25, -0.2) is 9.37 Å². The van der Waals surface area contributed by atoms with Crippen LogP contribution in [-0.4, -0.2) is 16.1 Å². The molecule has 5 heteroatoms. The number of carboxylic acid groups (broad SMARTS) is 1. The maximum atomic E-state index is 14.1. The third kappa shape index (κ3) is 3.51. The molecule has 1 unspecified atom stereocenters. The largest absolute Gasteiger partial charge is 0.481 e. The van der Waals surface area contributed by atoms with Gasteiger partial charge in [0.25, 0.3) is 0 Å². The van der Waals surface area contributed by atoms with Crippen LogP contribution in [0.4, 0.5) is 4.39 Å². The fourth-order valence-corrected chi connectivity index (χ4v) is 2.67. The first-order valence-corrected chi connectivity index (χ1v) is 7.53. The third-order valence-electron chi connectivity index (χ3n) is 3.75. The lowest BCUT2D eigenvalue weighted by molar-refractivity contribution is -0.137. The first-order valence-electron chi connectivity index (χ1n) is 7.53. The summed E-state index contributed by atoms with van der Waals surface area (Å²) in [6, 6.07) is 13.9. The number of benzene rings is 2. The number of hydrogen-bond donors (Lipinski definition) is 1. The van der Waals surface area contributed by atoms with Gasteiger partial charge in [0.15, 0.2) is 0 Å². The van der Waals surface area contributed by atoms with Crippen LogP contribution in [0.1, 0.15) is 29.6 Å². The molecule has 1 heterocycles. The molecular formula is C19H16FNO3. The van der Waals surface area contributed by atoms with Crippen molar-refractivity contribution in [3.63, 3.8) is 0 Å². The van der Waals surface area contributed by atoms with Crippen molar-refractivity contribution in [2.45, 2.75) is 19.3 Å². The van der Waals surface area contributed by atoms with Crippen molar-refractivity contribution in [3.8, 4) is 11.1 Å². The van der Waals surface area contributed by atoms with Gasteiger partial charge in [-0.05, 0) is 35.7 Å². The van der Waals surface area contributed by atoms with E-state index in [1.54, 1.807) is 13.0 Å². The number of nitrogens with zero attached hydrogens (tertiary/aromatic N) is 1. The summed E-state index contributed by atoms with van der Waals surface area (Å²) in [4.78, 5) is 15.4. The molecule has 122 valence electrons. The molecule has 0 bridgehead atoms. The summed E-state index contributed by atoms with van der Waals surface area (Å²) < 4.78 is 19.6. The lowest BCUT2D eigenvalue weighted by atomic mass is 9.92. The Morgan fingerprint density at radius 1 is 1.21 bits per heavy atom. The summed E-state index contributed by atoms with van der Waals surface area (Å²) in [5, 5.41) is 9.21. The van der Waals surface area contributed by atoms with Gasteiger partial charge in [0.05, 0.1) is 18.5 Å². The smallest absolute Gasteiger partial charge is 0.304 e. The number of carbonyl (C=O) groups is 1. The van der Waals surface area contributed by atoms with Gasteiger partial charge in [0, 0.05) is 0 Å². The average Bonchev–Trinajstić information content (AvgIpc) is 2.99. The van der Waals surface area contributed by atoms with E-state index < -0.39 is 17.7 Å². The number of aromatic nitrogens is 1. The molecule has 0 aliphatic heterocycles. The molecule has 1 aromatic heterocycles. The van der Waals surface area contributed by atoms with E-state index in [-0.39, 0.29) is 12.3 Å². The topological polar surface area (TPSA) is 63.3 Å². The van der Waals surface area contributed by atoms with Crippen LogP contribution in [0.2, 0.25) is 0 Å². The Bertz CT molecular complexity index is 858. The summed E-state index contributed by atoms with van der Waals surface area (Å²) in [7, 11) is 0. The van der Waals surface area contributed by atoms with Gasteiger partial charge in [-0.15, -0.1) is 0 Å². The van der Waals surface area contributed by atoms with Gasteiger partial charge in [-0.2, -0.15) is 0 Å². The van der Waals surface area contributed by atoms with E-state index >= 15 is 0 Å². The van der Waals surface area contributed by atoms with Crippen molar-refractivity contribution in [1.29, 1.82) is 0 Å². The number of carboxylic acids is 1. The molecule has 2 aromatic carbocycles.